The lowest BCUT2D eigenvalue weighted by molar-refractivity contribution is 0.122. The van der Waals surface area contributed by atoms with Crippen LogP contribution in [-0.4, -0.2) is 26.3 Å². The highest BCUT2D eigenvalue weighted by Gasteiger charge is 2.15. The lowest BCUT2D eigenvalue weighted by atomic mass is 10.1. The van der Waals surface area contributed by atoms with Crippen molar-refractivity contribution in [3.8, 4) is 0 Å². The summed E-state index contributed by atoms with van der Waals surface area (Å²) in [7, 11) is 0. The van der Waals surface area contributed by atoms with Crippen LogP contribution >= 0.6 is 0 Å². The van der Waals surface area contributed by atoms with Gasteiger partial charge in [0.1, 0.15) is 0 Å². The number of anilines is 1. The predicted octanol–water partition coefficient (Wildman–Crippen LogP) is 1.13. The van der Waals surface area contributed by atoms with Crippen molar-refractivity contribution >= 4 is 5.69 Å². The highest BCUT2D eigenvalue weighted by atomic mass is 16.5. The number of nitrogens with zero attached hydrogens (tertiary/aromatic N) is 1. The van der Waals surface area contributed by atoms with Crippen LogP contribution in [0.1, 0.15) is 11.1 Å². The highest BCUT2D eigenvalue weighted by Crippen LogP contribution is 2.23. The largest absolute Gasteiger partial charge is 0.378 e. The molecule has 1 saturated heterocycles. The van der Waals surface area contributed by atoms with Gasteiger partial charge in [0, 0.05) is 31.9 Å². The van der Waals surface area contributed by atoms with Crippen molar-refractivity contribution in [1.29, 1.82) is 0 Å². The van der Waals surface area contributed by atoms with Crippen molar-refractivity contribution in [2.24, 2.45) is 0 Å². The number of hydrogen-bond acceptors (Lipinski definition) is 3. The van der Waals surface area contributed by atoms with Crippen LogP contribution in [0.15, 0.2) is 18.2 Å². The second kappa shape index (κ2) is 3.83. The predicted molar refractivity (Wildman–Crippen MR) is 60.0 cm³/mol. The van der Waals surface area contributed by atoms with Gasteiger partial charge < -0.3 is 15.0 Å². The molecule has 3 nitrogen and oxygen atoms in total. The molecule has 0 aliphatic carbocycles. The maximum atomic E-state index is 5.36. The van der Waals surface area contributed by atoms with Crippen LogP contribution in [0.4, 0.5) is 5.69 Å². The van der Waals surface area contributed by atoms with E-state index < -0.39 is 0 Å². The van der Waals surface area contributed by atoms with Crippen molar-refractivity contribution in [2.75, 3.05) is 31.2 Å². The fourth-order valence-electron chi connectivity index (χ4n) is 2.30. The van der Waals surface area contributed by atoms with Gasteiger partial charge in [-0.15, -0.1) is 0 Å². The van der Waals surface area contributed by atoms with Crippen molar-refractivity contribution in [1.82, 2.24) is 5.32 Å². The van der Waals surface area contributed by atoms with E-state index >= 15 is 0 Å². The molecule has 3 rings (SSSR count). The number of hydrogen-bond donors (Lipinski definition) is 1. The Morgan fingerprint density at radius 2 is 1.87 bits per heavy atom. The molecule has 0 spiro atoms. The molecular weight excluding hydrogens is 188 g/mol. The summed E-state index contributed by atoms with van der Waals surface area (Å²) < 4.78 is 5.36. The zero-order valence-electron chi connectivity index (χ0n) is 8.83. The molecule has 0 radical (unpaired) electrons. The molecule has 15 heavy (non-hydrogen) atoms. The molecule has 1 N–H and O–H groups in total. The summed E-state index contributed by atoms with van der Waals surface area (Å²) in [6, 6.07) is 6.80. The second-order valence-electron chi connectivity index (χ2n) is 4.16. The van der Waals surface area contributed by atoms with Gasteiger partial charge >= 0.3 is 0 Å². The van der Waals surface area contributed by atoms with Crippen LogP contribution in [0.5, 0.6) is 0 Å². The molecule has 2 aliphatic heterocycles. The number of ether oxygens (including phenoxy) is 1. The van der Waals surface area contributed by atoms with E-state index in [-0.39, 0.29) is 0 Å². The van der Waals surface area contributed by atoms with E-state index in [9.17, 15) is 0 Å². The molecular formula is C12H16N2O. The summed E-state index contributed by atoms with van der Waals surface area (Å²) in [5.74, 6) is 0. The fraction of sp³-hybridized carbons (Fsp3) is 0.500. The Morgan fingerprint density at radius 3 is 2.73 bits per heavy atom. The van der Waals surface area contributed by atoms with Crippen molar-refractivity contribution in [2.45, 2.75) is 13.1 Å². The Labute approximate surface area is 90.0 Å². The average molecular weight is 204 g/mol. The Balaban J connectivity index is 1.85. The van der Waals surface area contributed by atoms with Gasteiger partial charge in [-0.2, -0.15) is 0 Å². The minimum atomic E-state index is 0.856. The molecule has 0 unspecified atom stereocenters. The van der Waals surface area contributed by atoms with E-state index in [0.717, 1.165) is 39.4 Å². The number of fused-ring (bicyclic) bond motifs is 1. The first-order valence-corrected chi connectivity index (χ1v) is 5.59. The summed E-state index contributed by atoms with van der Waals surface area (Å²) in [4.78, 5) is 2.40. The van der Waals surface area contributed by atoms with Gasteiger partial charge in [-0.1, -0.05) is 6.07 Å². The molecule has 0 amide bonds. The Kier molecular flexibility index (Phi) is 2.35. The van der Waals surface area contributed by atoms with Crippen LogP contribution < -0.4 is 10.2 Å². The van der Waals surface area contributed by atoms with Crippen LogP contribution in [0.3, 0.4) is 0 Å². The van der Waals surface area contributed by atoms with Gasteiger partial charge in [0.2, 0.25) is 0 Å². The lowest BCUT2D eigenvalue weighted by Gasteiger charge is -2.29. The molecule has 2 heterocycles. The van der Waals surface area contributed by atoms with Crippen LogP contribution in [0, 0.1) is 0 Å². The maximum Gasteiger partial charge on any atom is 0.0642 e. The zero-order chi connectivity index (χ0) is 10.1. The van der Waals surface area contributed by atoms with Gasteiger partial charge in [-0.05, 0) is 23.3 Å². The SMILES string of the molecule is c1cc2c(cc1N1CCOCC1)CNC2. The summed E-state index contributed by atoms with van der Waals surface area (Å²) in [5, 5.41) is 3.37. The molecule has 0 saturated carbocycles. The minimum Gasteiger partial charge on any atom is -0.378 e. The zero-order valence-corrected chi connectivity index (χ0v) is 8.83. The third kappa shape index (κ3) is 1.73. The van der Waals surface area contributed by atoms with Crippen molar-refractivity contribution in [3.63, 3.8) is 0 Å². The Hall–Kier alpha value is -1.06. The van der Waals surface area contributed by atoms with Gasteiger partial charge in [-0.3, -0.25) is 0 Å². The minimum absolute atomic E-state index is 0.856. The normalized spacial score (nSPS) is 20.4. The molecule has 0 bridgehead atoms. The fourth-order valence-corrected chi connectivity index (χ4v) is 2.30. The number of benzene rings is 1. The Bertz CT molecular complexity index is 359. The Morgan fingerprint density at radius 1 is 1.07 bits per heavy atom. The van der Waals surface area contributed by atoms with E-state index in [2.05, 4.69) is 28.4 Å². The van der Waals surface area contributed by atoms with Gasteiger partial charge in [0.05, 0.1) is 13.2 Å². The maximum absolute atomic E-state index is 5.36. The van der Waals surface area contributed by atoms with Crippen LogP contribution in [0.2, 0.25) is 0 Å². The topological polar surface area (TPSA) is 24.5 Å². The molecule has 0 aromatic heterocycles. The summed E-state index contributed by atoms with van der Waals surface area (Å²) >= 11 is 0. The van der Waals surface area contributed by atoms with Crippen LogP contribution in [0.25, 0.3) is 0 Å². The summed E-state index contributed by atoms with van der Waals surface area (Å²) in [5.41, 5.74) is 4.26. The average Bonchev–Trinajstić information content (AvgIpc) is 2.77. The molecule has 1 aromatic carbocycles. The van der Waals surface area contributed by atoms with Gasteiger partial charge in [0.15, 0.2) is 0 Å². The van der Waals surface area contributed by atoms with Gasteiger partial charge in [0.25, 0.3) is 0 Å². The molecule has 3 heteroatoms. The first-order valence-electron chi connectivity index (χ1n) is 5.59. The molecule has 0 atom stereocenters. The smallest absolute Gasteiger partial charge is 0.0642 e. The molecule has 80 valence electrons. The van der Waals surface area contributed by atoms with E-state index in [1.165, 1.54) is 16.8 Å². The number of nitrogens with one attached hydrogen (secondary N) is 1. The molecule has 2 aliphatic rings. The standard InChI is InChI=1S/C12H16N2O/c1-2-12(14-3-5-15-6-4-14)7-11-9-13-8-10(1)11/h1-2,7,13H,3-6,8-9H2. The summed E-state index contributed by atoms with van der Waals surface area (Å²) in [6.07, 6.45) is 0. The van der Waals surface area contributed by atoms with E-state index in [4.69, 9.17) is 4.74 Å². The number of morpholine rings is 1. The van der Waals surface area contributed by atoms with Crippen molar-refractivity contribution < 1.29 is 4.74 Å². The van der Waals surface area contributed by atoms with Gasteiger partial charge in [-0.25, -0.2) is 0 Å². The highest BCUT2D eigenvalue weighted by molar-refractivity contribution is 5.52. The quantitative estimate of drug-likeness (QED) is 0.742. The third-order valence-corrected chi connectivity index (χ3v) is 3.20. The van der Waals surface area contributed by atoms with E-state index in [1.807, 2.05) is 0 Å². The first-order chi connectivity index (χ1) is 7.43. The monoisotopic (exact) mass is 204 g/mol. The lowest BCUT2D eigenvalue weighted by Crippen LogP contribution is -2.36. The summed E-state index contributed by atoms with van der Waals surface area (Å²) in [6.45, 7) is 5.80. The van der Waals surface area contributed by atoms with E-state index in [1.54, 1.807) is 0 Å². The second-order valence-corrected chi connectivity index (χ2v) is 4.16. The van der Waals surface area contributed by atoms with E-state index in [0.29, 0.717) is 0 Å². The first kappa shape index (κ1) is 9.19. The van der Waals surface area contributed by atoms with Crippen LogP contribution in [-0.2, 0) is 17.8 Å². The number of rotatable bonds is 1. The molecule has 1 aromatic rings. The van der Waals surface area contributed by atoms with Crippen molar-refractivity contribution in [3.05, 3.63) is 29.3 Å². The molecule has 1 fully saturated rings. The third-order valence-electron chi connectivity index (χ3n) is 3.20.